The topological polar surface area (TPSA) is 68.3 Å². The van der Waals surface area contributed by atoms with Crippen LogP contribution in [0.25, 0.3) is 11.1 Å². The largest absolute Gasteiger partial charge is 0.462 e. The summed E-state index contributed by atoms with van der Waals surface area (Å²) >= 11 is 16.6. The van der Waals surface area contributed by atoms with Gasteiger partial charge in [0, 0.05) is 32.3 Å². The van der Waals surface area contributed by atoms with Gasteiger partial charge in [0.25, 0.3) is 0 Å². The summed E-state index contributed by atoms with van der Waals surface area (Å²) in [6.45, 7) is 3.95. The molecule has 5 nitrogen and oxygen atoms in total. The number of rotatable bonds is 9. The third kappa shape index (κ3) is 6.49. The molecule has 0 bridgehead atoms. The Hall–Kier alpha value is -2.36. The molecule has 0 atom stereocenters. The fourth-order valence-corrected chi connectivity index (χ4v) is 6.86. The highest BCUT2D eigenvalue weighted by atomic mass is 35.5. The van der Waals surface area contributed by atoms with E-state index in [-0.39, 0.29) is 18.3 Å². The minimum Gasteiger partial charge on any atom is -0.462 e. The summed E-state index contributed by atoms with van der Waals surface area (Å²) in [5.74, 6) is -0.523. The molecule has 1 N–H and O–H groups in total. The number of carbonyl (C=O) groups is 2. The van der Waals surface area contributed by atoms with Crippen molar-refractivity contribution in [3.63, 3.8) is 0 Å². The SMILES string of the molecule is CCOC(=O)c1c(-c2ccccc2)csc1NC(=O)CSc1nc(C)c(Cc2cc(Cl)ccc2Cl)s1. The van der Waals surface area contributed by atoms with Gasteiger partial charge in [-0.2, -0.15) is 0 Å². The number of aryl methyl sites for hydroxylation is 1. The van der Waals surface area contributed by atoms with Crippen LogP contribution in [0.1, 0.15) is 33.4 Å². The maximum atomic E-state index is 12.8. The van der Waals surface area contributed by atoms with Crippen molar-refractivity contribution in [1.82, 2.24) is 4.98 Å². The summed E-state index contributed by atoms with van der Waals surface area (Å²) in [6.07, 6.45) is 0.621. The van der Waals surface area contributed by atoms with E-state index in [1.165, 1.54) is 34.4 Å². The second kappa shape index (κ2) is 12.3. The van der Waals surface area contributed by atoms with Gasteiger partial charge >= 0.3 is 5.97 Å². The van der Waals surface area contributed by atoms with E-state index in [2.05, 4.69) is 10.3 Å². The number of thiazole rings is 1. The van der Waals surface area contributed by atoms with Gasteiger partial charge < -0.3 is 10.1 Å². The molecule has 10 heteroatoms. The molecule has 36 heavy (non-hydrogen) atoms. The number of hydrogen-bond acceptors (Lipinski definition) is 7. The predicted octanol–water partition coefficient (Wildman–Crippen LogP) is 7.99. The monoisotopic (exact) mass is 576 g/mol. The molecule has 0 unspecified atom stereocenters. The third-order valence-electron chi connectivity index (χ3n) is 5.17. The first-order valence-electron chi connectivity index (χ1n) is 11.0. The maximum absolute atomic E-state index is 12.8. The van der Waals surface area contributed by atoms with Gasteiger partial charge in [-0.05, 0) is 43.2 Å². The molecule has 0 spiro atoms. The van der Waals surface area contributed by atoms with Gasteiger partial charge in [0.05, 0.1) is 18.1 Å². The first-order valence-corrected chi connectivity index (χ1v) is 14.5. The molecule has 186 valence electrons. The standard InChI is InChI=1S/C26H22Cl2N2O3S3/c1-3-33-25(32)23-19(16-7-5-4-6-8-16)13-34-24(23)30-22(31)14-35-26-29-15(2)21(36-26)12-17-11-18(27)9-10-20(17)28/h4-11,13H,3,12,14H2,1-2H3,(H,30,31). The van der Waals surface area contributed by atoms with Gasteiger partial charge in [-0.1, -0.05) is 65.3 Å². The number of esters is 1. The summed E-state index contributed by atoms with van der Waals surface area (Å²) in [5.41, 5.74) is 3.83. The van der Waals surface area contributed by atoms with Crippen LogP contribution in [0, 0.1) is 6.92 Å². The van der Waals surface area contributed by atoms with Crippen molar-refractivity contribution >= 4 is 74.5 Å². The number of anilines is 1. The predicted molar refractivity (Wildman–Crippen MR) is 151 cm³/mol. The number of benzene rings is 2. The fourth-order valence-electron chi connectivity index (χ4n) is 3.45. The van der Waals surface area contributed by atoms with Crippen LogP contribution >= 0.6 is 57.6 Å². The van der Waals surface area contributed by atoms with Crippen molar-refractivity contribution in [2.45, 2.75) is 24.6 Å². The summed E-state index contributed by atoms with van der Waals surface area (Å²) in [5, 5.41) is 6.52. The Morgan fingerprint density at radius 2 is 1.92 bits per heavy atom. The zero-order chi connectivity index (χ0) is 25.7. The zero-order valence-corrected chi connectivity index (χ0v) is 23.4. The number of nitrogens with one attached hydrogen (secondary N) is 1. The first kappa shape index (κ1) is 26.7. The quantitative estimate of drug-likeness (QED) is 0.161. The van der Waals surface area contributed by atoms with Gasteiger partial charge in [-0.3, -0.25) is 4.79 Å². The number of aromatic nitrogens is 1. The van der Waals surface area contributed by atoms with Crippen molar-refractivity contribution in [3.05, 3.63) is 85.7 Å². The molecule has 2 heterocycles. The molecule has 4 aromatic rings. The molecule has 0 aliphatic carbocycles. The van der Waals surface area contributed by atoms with Gasteiger partial charge in [-0.25, -0.2) is 9.78 Å². The van der Waals surface area contributed by atoms with Crippen LogP contribution in [0.15, 0.2) is 58.3 Å². The van der Waals surface area contributed by atoms with Crippen molar-refractivity contribution in [3.8, 4) is 11.1 Å². The minimum atomic E-state index is -0.458. The van der Waals surface area contributed by atoms with E-state index in [0.717, 1.165) is 31.6 Å². The number of thioether (sulfide) groups is 1. The normalized spacial score (nSPS) is 10.9. The molecule has 0 saturated heterocycles. The summed E-state index contributed by atoms with van der Waals surface area (Å²) in [7, 11) is 0. The van der Waals surface area contributed by atoms with Crippen LogP contribution in [0.3, 0.4) is 0 Å². The fraction of sp³-hybridized carbons (Fsp3) is 0.192. The molecule has 0 radical (unpaired) electrons. The Balaban J connectivity index is 1.44. The number of halogens is 2. The number of carbonyl (C=O) groups excluding carboxylic acids is 2. The molecule has 0 fully saturated rings. The van der Waals surface area contributed by atoms with Crippen LogP contribution in [-0.2, 0) is 16.0 Å². The Labute approximate surface area is 231 Å². The molecular formula is C26H22Cl2N2O3S3. The summed E-state index contributed by atoms with van der Waals surface area (Å²) < 4.78 is 6.06. The lowest BCUT2D eigenvalue weighted by molar-refractivity contribution is -0.113. The van der Waals surface area contributed by atoms with Crippen molar-refractivity contribution in [2.24, 2.45) is 0 Å². The Kier molecular flexibility index (Phi) is 9.09. The molecule has 0 aliphatic heterocycles. The number of ether oxygens (including phenoxy) is 1. The van der Waals surface area contributed by atoms with Gasteiger partial charge in [-0.15, -0.1) is 22.7 Å². The van der Waals surface area contributed by atoms with Gasteiger partial charge in [0.15, 0.2) is 4.34 Å². The van der Waals surface area contributed by atoms with Crippen LogP contribution in [-0.4, -0.2) is 29.2 Å². The number of thiophene rings is 1. The lowest BCUT2D eigenvalue weighted by atomic mass is 10.0. The van der Waals surface area contributed by atoms with Crippen molar-refractivity contribution in [2.75, 3.05) is 17.7 Å². The highest BCUT2D eigenvalue weighted by Gasteiger charge is 2.23. The van der Waals surface area contributed by atoms with Crippen LogP contribution in [0.5, 0.6) is 0 Å². The second-order valence-corrected chi connectivity index (χ2v) is 11.7. The highest BCUT2D eigenvalue weighted by Crippen LogP contribution is 2.37. The van der Waals surface area contributed by atoms with Gasteiger partial charge in [0.1, 0.15) is 10.6 Å². The molecule has 0 saturated carbocycles. The maximum Gasteiger partial charge on any atom is 0.341 e. The van der Waals surface area contributed by atoms with E-state index in [1.54, 1.807) is 19.1 Å². The zero-order valence-electron chi connectivity index (χ0n) is 19.5. The van der Waals surface area contributed by atoms with Crippen LogP contribution < -0.4 is 5.32 Å². The number of nitrogens with zero attached hydrogens (tertiary/aromatic N) is 1. The van der Waals surface area contributed by atoms with E-state index >= 15 is 0 Å². The van der Waals surface area contributed by atoms with Crippen LogP contribution in [0.2, 0.25) is 10.0 Å². The lowest BCUT2D eigenvalue weighted by Gasteiger charge is -2.08. The Morgan fingerprint density at radius 3 is 2.67 bits per heavy atom. The Morgan fingerprint density at radius 1 is 1.14 bits per heavy atom. The van der Waals surface area contributed by atoms with E-state index in [9.17, 15) is 9.59 Å². The van der Waals surface area contributed by atoms with Crippen LogP contribution in [0.4, 0.5) is 5.00 Å². The molecule has 0 aliphatic rings. The number of amides is 1. The summed E-state index contributed by atoms with van der Waals surface area (Å²) in [6, 6.07) is 15.0. The molecule has 2 aromatic heterocycles. The molecular weight excluding hydrogens is 555 g/mol. The minimum absolute atomic E-state index is 0.158. The van der Waals surface area contributed by atoms with E-state index in [0.29, 0.717) is 27.0 Å². The first-order chi connectivity index (χ1) is 17.4. The molecule has 2 aromatic carbocycles. The average molecular weight is 578 g/mol. The number of hydrogen-bond donors (Lipinski definition) is 1. The Bertz CT molecular complexity index is 1390. The van der Waals surface area contributed by atoms with Crippen molar-refractivity contribution < 1.29 is 14.3 Å². The average Bonchev–Trinajstić information content (AvgIpc) is 3.44. The second-order valence-electron chi connectivity index (χ2n) is 7.68. The highest BCUT2D eigenvalue weighted by molar-refractivity contribution is 8.01. The van der Waals surface area contributed by atoms with E-state index < -0.39 is 5.97 Å². The lowest BCUT2D eigenvalue weighted by Crippen LogP contribution is -2.16. The molecule has 1 amide bonds. The van der Waals surface area contributed by atoms with E-state index in [1.807, 2.05) is 48.7 Å². The summed E-state index contributed by atoms with van der Waals surface area (Å²) in [4.78, 5) is 31.2. The van der Waals surface area contributed by atoms with E-state index in [4.69, 9.17) is 27.9 Å². The van der Waals surface area contributed by atoms with Gasteiger partial charge in [0.2, 0.25) is 5.91 Å². The smallest absolute Gasteiger partial charge is 0.341 e. The van der Waals surface area contributed by atoms with Crippen molar-refractivity contribution in [1.29, 1.82) is 0 Å². The molecule has 4 rings (SSSR count). The third-order valence-corrected chi connectivity index (χ3v) is 8.97.